The van der Waals surface area contributed by atoms with Crippen molar-refractivity contribution in [3.63, 3.8) is 0 Å². The number of hydrogen-bond donors (Lipinski definition) is 1. The highest BCUT2D eigenvalue weighted by atomic mass is 31.1. The van der Waals surface area contributed by atoms with Gasteiger partial charge in [0.25, 0.3) is 0 Å². The van der Waals surface area contributed by atoms with Crippen molar-refractivity contribution >= 4 is 8.03 Å². The first-order valence-electron chi connectivity index (χ1n) is 4.14. The van der Waals surface area contributed by atoms with Crippen LogP contribution in [0.5, 0.6) is 0 Å². The highest BCUT2D eigenvalue weighted by Crippen LogP contribution is 2.39. The van der Waals surface area contributed by atoms with E-state index in [2.05, 4.69) is 6.58 Å². The maximum absolute atomic E-state index is 10.7. The minimum atomic E-state index is -2.46. The average Bonchev–Trinajstić information content (AvgIpc) is 2.05. The lowest BCUT2D eigenvalue weighted by Gasteiger charge is -2.21. The quantitative estimate of drug-likeness (QED) is 0.653. The van der Waals surface area contributed by atoms with Crippen LogP contribution in [0.25, 0.3) is 0 Å². The van der Waals surface area contributed by atoms with Crippen molar-refractivity contribution in [3.05, 3.63) is 11.9 Å². The van der Waals surface area contributed by atoms with Gasteiger partial charge >= 0.3 is 0 Å². The Morgan fingerprint density at radius 1 is 1.36 bits per heavy atom. The van der Waals surface area contributed by atoms with Gasteiger partial charge in [0, 0.05) is 5.31 Å². The molecule has 0 aromatic carbocycles. The van der Waals surface area contributed by atoms with Crippen molar-refractivity contribution in [3.8, 4) is 0 Å². The molecule has 0 aromatic rings. The van der Waals surface area contributed by atoms with E-state index >= 15 is 0 Å². The monoisotopic (exact) mass is 174 g/mol. The molecule has 0 heterocycles. The first kappa shape index (κ1) is 9.02. The Bertz CT molecular complexity index is 171. The smallest absolute Gasteiger partial charge is 0.213 e. The van der Waals surface area contributed by atoms with Gasteiger partial charge in [0.05, 0.1) is 0 Å². The lowest BCUT2D eigenvalue weighted by molar-refractivity contribution is 0.406. The van der Waals surface area contributed by atoms with Gasteiger partial charge in [0.15, 0.2) is 0 Å². The molecule has 1 unspecified atom stereocenters. The van der Waals surface area contributed by atoms with Gasteiger partial charge in [-0.15, -0.1) is 0 Å². The maximum atomic E-state index is 10.7. The van der Waals surface area contributed by atoms with Crippen molar-refractivity contribution in [2.75, 3.05) is 0 Å². The van der Waals surface area contributed by atoms with Gasteiger partial charge in [0.1, 0.15) is 0 Å². The molecule has 1 N–H and O–H groups in total. The number of hydrogen-bond acceptors (Lipinski definition) is 1. The molecule has 11 heavy (non-hydrogen) atoms. The minimum Gasteiger partial charge on any atom is -0.343 e. The second-order valence-corrected chi connectivity index (χ2v) is 4.42. The molecule has 1 saturated carbocycles. The van der Waals surface area contributed by atoms with Gasteiger partial charge in [-0.3, -0.25) is 4.57 Å². The minimum absolute atomic E-state index is 0.333. The Balaban J connectivity index is 2.45. The van der Waals surface area contributed by atoms with E-state index in [0.717, 1.165) is 12.8 Å². The summed E-state index contributed by atoms with van der Waals surface area (Å²) in [6.45, 7) is 3.66. The first-order chi connectivity index (χ1) is 5.22. The Morgan fingerprint density at radius 2 is 1.91 bits per heavy atom. The van der Waals surface area contributed by atoms with E-state index in [0.29, 0.717) is 11.2 Å². The SMILES string of the molecule is C=C(C1CCCCC1)[PH](=O)O. The Hall–Kier alpha value is -0.0700. The molecular weight excluding hydrogens is 159 g/mol. The molecule has 0 aromatic heterocycles. The lowest BCUT2D eigenvalue weighted by Crippen LogP contribution is -2.06. The predicted molar refractivity (Wildman–Crippen MR) is 46.9 cm³/mol. The Kier molecular flexibility index (Phi) is 3.35. The third-order valence-corrected chi connectivity index (χ3v) is 3.33. The molecule has 0 amide bonds. The summed E-state index contributed by atoms with van der Waals surface area (Å²) < 4.78 is 10.7. The third kappa shape index (κ3) is 2.46. The molecule has 64 valence electrons. The molecule has 1 atom stereocenters. The van der Waals surface area contributed by atoms with Crippen LogP contribution in [0.4, 0.5) is 0 Å². The standard InChI is InChI=1S/C8H15O2P/c1-7(11(9)10)8-5-3-2-4-6-8/h8,11H,1-6H2,(H,9,10). The van der Waals surface area contributed by atoms with Crippen molar-refractivity contribution in [2.24, 2.45) is 5.92 Å². The fourth-order valence-corrected chi connectivity index (χ4v) is 2.26. The number of rotatable bonds is 2. The van der Waals surface area contributed by atoms with E-state index in [4.69, 9.17) is 4.89 Å². The normalized spacial score (nSPS) is 23.0. The van der Waals surface area contributed by atoms with Crippen LogP contribution in [0.15, 0.2) is 11.9 Å². The second-order valence-electron chi connectivity index (χ2n) is 3.17. The van der Waals surface area contributed by atoms with Crippen LogP contribution < -0.4 is 0 Å². The van der Waals surface area contributed by atoms with Crippen LogP contribution in [0.1, 0.15) is 32.1 Å². The zero-order valence-corrected chi connectivity index (χ0v) is 7.68. The van der Waals surface area contributed by atoms with Gasteiger partial charge in [-0.25, -0.2) is 0 Å². The molecule has 1 aliphatic rings. The van der Waals surface area contributed by atoms with E-state index in [-0.39, 0.29) is 0 Å². The van der Waals surface area contributed by atoms with Crippen molar-refractivity contribution in [1.82, 2.24) is 0 Å². The Morgan fingerprint density at radius 3 is 2.36 bits per heavy atom. The summed E-state index contributed by atoms with van der Waals surface area (Å²) >= 11 is 0. The van der Waals surface area contributed by atoms with Gasteiger partial charge in [-0.05, 0) is 18.8 Å². The van der Waals surface area contributed by atoms with Gasteiger partial charge in [-0.2, -0.15) is 0 Å². The second kappa shape index (κ2) is 4.08. The van der Waals surface area contributed by atoms with Crippen LogP contribution >= 0.6 is 8.03 Å². The van der Waals surface area contributed by atoms with Crippen LogP contribution in [0.2, 0.25) is 0 Å². The molecule has 0 radical (unpaired) electrons. The molecule has 0 saturated heterocycles. The van der Waals surface area contributed by atoms with Gasteiger partial charge < -0.3 is 4.89 Å². The van der Waals surface area contributed by atoms with E-state index in [9.17, 15) is 4.57 Å². The summed E-state index contributed by atoms with van der Waals surface area (Å²) in [4.78, 5) is 8.82. The largest absolute Gasteiger partial charge is 0.343 e. The zero-order chi connectivity index (χ0) is 8.27. The third-order valence-electron chi connectivity index (χ3n) is 2.37. The molecule has 1 aliphatic carbocycles. The fourth-order valence-electron chi connectivity index (χ4n) is 1.63. The first-order valence-corrected chi connectivity index (χ1v) is 5.49. The van der Waals surface area contributed by atoms with Crippen molar-refractivity contribution in [2.45, 2.75) is 32.1 Å². The highest BCUT2D eigenvalue weighted by Gasteiger charge is 2.18. The molecule has 0 spiro atoms. The van der Waals surface area contributed by atoms with E-state index in [1.165, 1.54) is 19.3 Å². The average molecular weight is 174 g/mol. The molecule has 1 rings (SSSR count). The molecule has 1 fully saturated rings. The van der Waals surface area contributed by atoms with Crippen LogP contribution in [0.3, 0.4) is 0 Å². The Labute approximate surface area is 68.2 Å². The van der Waals surface area contributed by atoms with E-state index in [1.54, 1.807) is 0 Å². The fraction of sp³-hybridized carbons (Fsp3) is 0.750. The predicted octanol–water partition coefficient (Wildman–Crippen LogP) is 2.55. The van der Waals surface area contributed by atoms with Crippen molar-refractivity contribution < 1.29 is 9.46 Å². The topological polar surface area (TPSA) is 37.3 Å². The van der Waals surface area contributed by atoms with Crippen LogP contribution in [0, 0.1) is 5.92 Å². The molecular formula is C8H15O2P. The van der Waals surface area contributed by atoms with Gasteiger partial charge in [0.2, 0.25) is 8.03 Å². The highest BCUT2D eigenvalue weighted by molar-refractivity contribution is 7.43. The summed E-state index contributed by atoms with van der Waals surface area (Å²) in [5.41, 5.74) is 0. The summed E-state index contributed by atoms with van der Waals surface area (Å²) in [6, 6.07) is 0. The summed E-state index contributed by atoms with van der Waals surface area (Å²) in [5.74, 6) is 0.333. The number of allylic oxidation sites excluding steroid dienone is 1. The molecule has 0 aliphatic heterocycles. The van der Waals surface area contributed by atoms with E-state index < -0.39 is 8.03 Å². The van der Waals surface area contributed by atoms with Crippen molar-refractivity contribution in [1.29, 1.82) is 0 Å². The molecule has 0 bridgehead atoms. The summed E-state index contributed by atoms with van der Waals surface area (Å²) in [6.07, 6.45) is 5.79. The summed E-state index contributed by atoms with van der Waals surface area (Å²) in [7, 11) is -2.46. The van der Waals surface area contributed by atoms with Crippen LogP contribution in [-0.2, 0) is 4.57 Å². The van der Waals surface area contributed by atoms with E-state index in [1.807, 2.05) is 0 Å². The lowest BCUT2D eigenvalue weighted by atomic mass is 9.89. The zero-order valence-electron chi connectivity index (χ0n) is 6.68. The molecule has 2 nitrogen and oxygen atoms in total. The van der Waals surface area contributed by atoms with Crippen LogP contribution in [-0.4, -0.2) is 4.89 Å². The molecule has 3 heteroatoms. The van der Waals surface area contributed by atoms with Gasteiger partial charge in [-0.1, -0.05) is 25.8 Å². The summed E-state index contributed by atoms with van der Waals surface area (Å²) in [5, 5.41) is 0.592. The maximum Gasteiger partial charge on any atom is 0.213 e.